The number of carbonyl (C=O) groups is 1. The lowest BCUT2D eigenvalue weighted by atomic mass is 10.2. The van der Waals surface area contributed by atoms with Gasteiger partial charge in [-0.1, -0.05) is 18.2 Å². The van der Waals surface area contributed by atoms with Crippen LogP contribution in [0.2, 0.25) is 0 Å². The van der Waals surface area contributed by atoms with E-state index >= 15 is 0 Å². The number of hydrogen-bond donors (Lipinski definition) is 2. The van der Waals surface area contributed by atoms with Gasteiger partial charge in [-0.2, -0.15) is 8.78 Å². The van der Waals surface area contributed by atoms with Crippen LogP contribution in [0.3, 0.4) is 0 Å². The largest absolute Gasteiger partial charge is 0.433 e. The molecule has 24 heavy (non-hydrogen) atoms. The molecule has 5 nitrogen and oxygen atoms in total. The molecule has 2 N–H and O–H groups in total. The van der Waals surface area contributed by atoms with Gasteiger partial charge in [0.1, 0.15) is 5.75 Å². The maximum Gasteiger partial charge on any atom is 0.387 e. The van der Waals surface area contributed by atoms with Gasteiger partial charge in [0.25, 0.3) is 0 Å². The minimum Gasteiger partial charge on any atom is -0.433 e. The summed E-state index contributed by atoms with van der Waals surface area (Å²) in [6.07, 6.45) is 0. The Hall–Kier alpha value is -2.19. The third kappa shape index (κ3) is 5.17. The molecule has 8 heteroatoms. The highest BCUT2D eigenvalue weighted by Crippen LogP contribution is 2.26. The number of halogens is 2. The molecule has 0 saturated heterocycles. The summed E-state index contributed by atoms with van der Waals surface area (Å²) in [5, 5.41) is 7.26. The molecule has 0 radical (unpaired) electrons. The predicted molar refractivity (Wildman–Crippen MR) is 90.8 cm³/mol. The molecule has 2 aromatic rings. The molecule has 0 saturated carbocycles. The van der Waals surface area contributed by atoms with Crippen LogP contribution in [-0.2, 0) is 0 Å². The number of para-hydroxylation sites is 2. The van der Waals surface area contributed by atoms with Crippen LogP contribution in [0.4, 0.5) is 19.3 Å². The van der Waals surface area contributed by atoms with Crippen LogP contribution in [0.25, 0.3) is 0 Å². The van der Waals surface area contributed by atoms with Crippen molar-refractivity contribution >= 4 is 23.1 Å². The third-order valence-electron chi connectivity index (χ3n) is 3.30. The quantitative estimate of drug-likeness (QED) is 0.795. The van der Waals surface area contributed by atoms with Gasteiger partial charge in [-0.15, -0.1) is 11.3 Å². The summed E-state index contributed by atoms with van der Waals surface area (Å²) in [7, 11) is 3.85. The fourth-order valence-electron chi connectivity index (χ4n) is 2.14. The highest BCUT2D eigenvalue weighted by Gasteiger charge is 2.17. The SMILES string of the molecule is CN(C)C(CNC(=O)Nc1ccccc1OC(F)F)c1cccs1. The number of nitrogens with one attached hydrogen (secondary N) is 2. The van der Waals surface area contributed by atoms with E-state index in [1.807, 2.05) is 36.5 Å². The minimum atomic E-state index is -2.95. The van der Waals surface area contributed by atoms with Gasteiger partial charge < -0.3 is 20.3 Å². The maximum absolute atomic E-state index is 12.4. The number of amides is 2. The molecule has 1 heterocycles. The molecule has 0 aliphatic rings. The number of anilines is 1. The molecule has 0 bridgehead atoms. The average Bonchev–Trinajstić information content (AvgIpc) is 3.02. The summed E-state index contributed by atoms with van der Waals surface area (Å²) in [6, 6.07) is 9.56. The molecule has 0 fully saturated rings. The zero-order valence-corrected chi connectivity index (χ0v) is 14.1. The Morgan fingerprint density at radius 2 is 2.00 bits per heavy atom. The van der Waals surface area contributed by atoms with Gasteiger partial charge in [-0.25, -0.2) is 4.79 Å². The Balaban J connectivity index is 1.96. The van der Waals surface area contributed by atoms with Crippen molar-refractivity contribution < 1.29 is 18.3 Å². The molecule has 1 aromatic heterocycles. The Bertz CT molecular complexity index is 651. The van der Waals surface area contributed by atoms with Gasteiger partial charge in [0.05, 0.1) is 11.7 Å². The molecule has 0 aliphatic carbocycles. The molecule has 1 aromatic carbocycles. The van der Waals surface area contributed by atoms with Crippen molar-refractivity contribution in [3.63, 3.8) is 0 Å². The van der Waals surface area contributed by atoms with Crippen molar-refractivity contribution in [3.8, 4) is 5.75 Å². The first-order valence-corrected chi connectivity index (χ1v) is 8.14. The van der Waals surface area contributed by atoms with Crippen LogP contribution >= 0.6 is 11.3 Å². The van der Waals surface area contributed by atoms with Crippen LogP contribution in [0.15, 0.2) is 41.8 Å². The number of urea groups is 1. The summed E-state index contributed by atoms with van der Waals surface area (Å²) in [6.45, 7) is -2.56. The minimum absolute atomic E-state index is 0.0308. The van der Waals surface area contributed by atoms with E-state index in [0.717, 1.165) is 4.88 Å². The Morgan fingerprint density at radius 3 is 2.62 bits per heavy atom. The summed E-state index contributed by atoms with van der Waals surface area (Å²) in [5.41, 5.74) is 0.188. The van der Waals surface area contributed by atoms with Crippen molar-refractivity contribution in [1.82, 2.24) is 10.2 Å². The Morgan fingerprint density at radius 1 is 1.25 bits per heavy atom. The highest BCUT2D eigenvalue weighted by atomic mass is 32.1. The molecule has 2 rings (SSSR count). The molecule has 0 spiro atoms. The second-order valence-corrected chi connectivity index (χ2v) is 6.18. The van der Waals surface area contributed by atoms with E-state index in [1.54, 1.807) is 23.5 Å². The molecule has 2 amide bonds. The summed E-state index contributed by atoms with van der Waals surface area (Å²) >= 11 is 1.61. The second-order valence-electron chi connectivity index (χ2n) is 5.20. The topological polar surface area (TPSA) is 53.6 Å². The number of benzene rings is 1. The Labute approximate surface area is 143 Å². The lowest BCUT2D eigenvalue weighted by Gasteiger charge is -2.23. The fourth-order valence-corrected chi connectivity index (χ4v) is 3.07. The monoisotopic (exact) mass is 355 g/mol. The predicted octanol–water partition coefficient (Wildman–Crippen LogP) is 3.77. The summed E-state index contributed by atoms with van der Waals surface area (Å²) < 4.78 is 29.2. The van der Waals surface area contributed by atoms with E-state index < -0.39 is 12.6 Å². The summed E-state index contributed by atoms with van der Waals surface area (Å²) in [4.78, 5) is 15.2. The number of hydrogen-bond acceptors (Lipinski definition) is 4. The number of likely N-dealkylation sites (N-methyl/N-ethyl adjacent to an activating group) is 1. The number of carbonyl (C=O) groups excluding carboxylic acids is 1. The number of alkyl halides is 2. The van der Waals surface area contributed by atoms with Gasteiger partial charge in [0, 0.05) is 11.4 Å². The highest BCUT2D eigenvalue weighted by molar-refractivity contribution is 7.10. The maximum atomic E-state index is 12.4. The number of rotatable bonds is 7. The molecular formula is C16H19F2N3O2S. The van der Waals surface area contributed by atoms with Gasteiger partial charge in [0.15, 0.2) is 0 Å². The molecule has 1 atom stereocenters. The third-order valence-corrected chi connectivity index (χ3v) is 4.28. The van der Waals surface area contributed by atoms with Crippen molar-refractivity contribution in [2.75, 3.05) is 26.0 Å². The zero-order chi connectivity index (χ0) is 17.5. The van der Waals surface area contributed by atoms with Gasteiger partial charge >= 0.3 is 12.6 Å². The van der Waals surface area contributed by atoms with E-state index in [4.69, 9.17) is 0 Å². The molecule has 130 valence electrons. The van der Waals surface area contributed by atoms with Crippen LogP contribution in [0, 0.1) is 0 Å². The lowest BCUT2D eigenvalue weighted by molar-refractivity contribution is -0.0493. The van der Waals surface area contributed by atoms with Crippen molar-refractivity contribution in [2.24, 2.45) is 0 Å². The van der Waals surface area contributed by atoms with Gasteiger partial charge in [-0.05, 0) is 37.7 Å². The molecular weight excluding hydrogens is 336 g/mol. The van der Waals surface area contributed by atoms with Crippen molar-refractivity contribution in [3.05, 3.63) is 46.7 Å². The van der Waals surface area contributed by atoms with Gasteiger partial charge in [-0.3, -0.25) is 0 Å². The lowest BCUT2D eigenvalue weighted by Crippen LogP contribution is -2.36. The number of ether oxygens (including phenoxy) is 1. The van der Waals surface area contributed by atoms with E-state index in [-0.39, 0.29) is 17.5 Å². The van der Waals surface area contributed by atoms with Crippen molar-refractivity contribution in [1.29, 1.82) is 0 Å². The van der Waals surface area contributed by atoms with Crippen LogP contribution < -0.4 is 15.4 Å². The van der Waals surface area contributed by atoms with Crippen LogP contribution in [-0.4, -0.2) is 38.2 Å². The van der Waals surface area contributed by atoms with E-state index in [2.05, 4.69) is 15.4 Å². The fraction of sp³-hybridized carbons (Fsp3) is 0.312. The zero-order valence-electron chi connectivity index (χ0n) is 13.3. The smallest absolute Gasteiger partial charge is 0.387 e. The van der Waals surface area contributed by atoms with Crippen molar-refractivity contribution in [2.45, 2.75) is 12.7 Å². The van der Waals surface area contributed by atoms with Crippen LogP contribution in [0.5, 0.6) is 5.75 Å². The standard InChI is InChI=1S/C16H19F2N3O2S/c1-21(2)12(14-8-5-9-24-14)10-19-16(22)20-11-6-3-4-7-13(11)23-15(17)18/h3-9,12,15H,10H2,1-2H3,(H2,19,20,22). The number of nitrogens with zero attached hydrogens (tertiary/aromatic N) is 1. The normalized spacial score (nSPS) is 12.2. The molecule has 1 unspecified atom stereocenters. The van der Waals surface area contributed by atoms with Crippen LogP contribution in [0.1, 0.15) is 10.9 Å². The second kappa shape index (κ2) is 8.60. The first-order valence-electron chi connectivity index (χ1n) is 7.26. The van der Waals surface area contributed by atoms with Gasteiger partial charge in [0.2, 0.25) is 0 Å². The van der Waals surface area contributed by atoms with E-state index in [9.17, 15) is 13.6 Å². The van der Waals surface area contributed by atoms with E-state index in [1.165, 1.54) is 12.1 Å². The number of thiophene rings is 1. The first kappa shape index (κ1) is 18.2. The van der Waals surface area contributed by atoms with E-state index in [0.29, 0.717) is 6.54 Å². The Kier molecular flexibility index (Phi) is 6.51. The summed E-state index contributed by atoms with van der Waals surface area (Å²) in [5.74, 6) is -0.0786. The average molecular weight is 355 g/mol. The first-order chi connectivity index (χ1) is 11.5. The molecule has 0 aliphatic heterocycles.